The Hall–Kier alpha value is -2.93. The fourth-order valence-corrected chi connectivity index (χ4v) is 7.14. The number of fused-ring (bicyclic) bond motifs is 2. The van der Waals surface area contributed by atoms with Gasteiger partial charge in [-0.2, -0.15) is 0 Å². The van der Waals surface area contributed by atoms with E-state index in [0.29, 0.717) is 38.3 Å². The third kappa shape index (κ3) is 6.77. The summed E-state index contributed by atoms with van der Waals surface area (Å²) in [6, 6.07) is 4.53. The molecule has 2 amide bonds. The average Bonchev–Trinajstić information content (AvgIpc) is 3.20. The number of carbonyl (C=O) groups is 3. The molecule has 238 valence electrons. The predicted molar refractivity (Wildman–Crippen MR) is 151 cm³/mol. The maximum atomic E-state index is 12.7. The van der Waals surface area contributed by atoms with E-state index in [-0.39, 0.29) is 60.3 Å². The Morgan fingerprint density at radius 1 is 0.953 bits per heavy atom. The van der Waals surface area contributed by atoms with Gasteiger partial charge in [-0.15, -0.1) is 0 Å². The Kier molecular flexibility index (Phi) is 9.50. The van der Waals surface area contributed by atoms with Crippen molar-refractivity contribution in [3.05, 3.63) is 23.8 Å². The summed E-state index contributed by atoms with van der Waals surface area (Å²) in [7, 11) is 0. The minimum Gasteiger partial charge on any atom is -0.504 e. The van der Waals surface area contributed by atoms with E-state index in [9.17, 15) is 24.6 Å². The first-order valence-corrected chi connectivity index (χ1v) is 15.4. The number of amides is 2. The van der Waals surface area contributed by atoms with Gasteiger partial charge in [0.25, 0.3) is 0 Å². The molecule has 12 nitrogen and oxygen atoms in total. The van der Waals surface area contributed by atoms with Crippen LogP contribution in [0.4, 0.5) is 0 Å². The third-order valence-corrected chi connectivity index (χ3v) is 9.58. The van der Waals surface area contributed by atoms with Gasteiger partial charge >= 0.3 is 5.97 Å². The van der Waals surface area contributed by atoms with Gasteiger partial charge in [-0.3, -0.25) is 14.4 Å². The summed E-state index contributed by atoms with van der Waals surface area (Å²) in [6.45, 7) is 6.78. The van der Waals surface area contributed by atoms with Crippen molar-refractivity contribution >= 4 is 17.8 Å². The van der Waals surface area contributed by atoms with Crippen molar-refractivity contribution in [2.45, 2.75) is 103 Å². The number of rotatable bonds is 11. The van der Waals surface area contributed by atoms with Crippen LogP contribution in [-0.4, -0.2) is 65.1 Å². The number of esters is 1. The molecule has 8 atom stereocenters. The third-order valence-electron chi connectivity index (χ3n) is 9.58. The monoisotopic (exact) mass is 604 g/mol. The van der Waals surface area contributed by atoms with Crippen LogP contribution in [0.3, 0.4) is 0 Å². The highest BCUT2D eigenvalue weighted by Gasteiger charge is 2.69. The summed E-state index contributed by atoms with van der Waals surface area (Å²) in [5.74, 6) is -1.73. The van der Waals surface area contributed by atoms with Crippen LogP contribution in [-0.2, 0) is 44.8 Å². The quantitative estimate of drug-likeness (QED) is 0.128. The van der Waals surface area contributed by atoms with E-state index in [1.54, 1.807) is 6.07 Å². The Balaban J connectivity index is 1.01. The highest BCUT2D eigenvalue weighted by atomic mass is 17.3. The number of hydrogen-bond donors (Lipinski definition) is 4. The molecule has 1 aliphatic carbocycles. The van der Waals surface area contributed by atoms with Crippen molar-refractivity contribution in [1.82, 2.24) is 10.6 Å². The fraction of sp³-hybridized carbons (Fsp3) is 0.710. The molecular formula is C31H44N2O10. The second-order valence-electron chi connectivity index (χ2n) is 12.6. The molecule has 4 N–H and O–H groups in total. The minimum atomic E-state index is -0.913. The lowest BCUT2D eigenvalue weighted by Crippen LogP contribution is -2.70. The average molecular weight is 605 g/mol. The Morgan fingerprint density at radius 3 is 2.51 bits per heavy atom. The summed E-state index contributed by atoms with van der Waals surface area (Å²) < 4.78 is 18.3. The van der Waals surface area contributed by atoms with Gasteiger partial charge < -0.3 is 35.1 Å². The van der Waals surface area contributed by atoms with Crippen LogP contribution in [0.5, 0.6) is 11.5 Å². The van der Waals surface area contributed by atoms with Gasteiger partial charge in [0.05, 0.1) is 6.42 Å². The topological polar surface area (TPSA) is 162 Å². The summed E-state index contributed by atoms with van der Waals surface area (Å²) in [4.78, 5) is 49.0. The second-order valence-corrected chi connectivity index (χ2v) is 12.6. The molecule has 0 aromatic heterocycles. The van der Waals surface area contributed by atoms with Gasteiger partial charge in [0.1, 0.15) is 0 Å². The molecule has 1 aromatic carbocycles. The molecule has 4 aliphatic heterocycles. The molecule has 43 heavy (non-hydrogen) atoms. The lowest BCUT2D eigenvalue weighted by Gasteiger charge is -2.59. The van der Waals surface area contributed by atoms with Crippen molar-refractivity contribution in [3.63, 3.8) is 0 Å². The maximum Gasteiger partial charge on any atom is 0.308 e. The molecule has 5 fully saturated rings. The summed E-state index contributed by atoms with van der Waals surface area (Å²) in [5.41, 5.74) is 0.0543. The van der Waals surface area contributed by atoms with Gasteiger partial charge in [0.15, 0.2) is 23.4 Å². The lowest BCUT2D eigenvalue weighted by atomic mass is 9.58. The number of hydrogen-bond acceptors (Lipinski definition) is 10. The van der Waals surface area contributed by atoms with Gasteiger partial charge in [-0.05, 0) is 68.6 Å². The molecule has 4 saturated heterocycles. The highest BCUT2D eigenvalue weighted by Crippen LogP contribution is 2.60. The normalized spacial score (nSPS) is 34.5. The van der Waals surface area contributed by atoms with E-state index in [0.717, 1.165) is 24.8 Å². The molecule has 4 heterocycles. The number of phenols is 2. The molecule has 6 rings (SSSR count). The van der Waals surface area contributed by atoms with Crippen LogP contribution in [0.1, 0.15) is 77.7 Å². The van der Waals surface area contributed by atoms with Gasteiger partial charge in [0, 0.05) is 44.2 Å². The van der Waals surface area contributed by atoms with E-state index in [1.807, 2.05) is 13.8 Å². The first-order valence-electron chi connectivity index (χ1n) is 15.4. The molecule has 0 radical (unpaired) electrons. The minimum absolute atomic E-state index is 0.0342. The molecule has 12 heteroatoms. The van der Waals surface area contributed by atoms with Crippen molar-refractivity contribution in [3.8, 4) is 11.5 Å². The first-order chi connectivity index (χ1) is 20.5. The number of aromatic hydroxyl groups is 2. The van der Waals surface area contributed by atoms with E-state index in [4.69, 9.17) is 24.0 Å². The largest absolute Gasteiger partial charge is 0.504 e. The smallest absolute Gasteiger partial charge is 0.308 e. The van der Waals surface area contributed by atoms with Crippen LogP contribution in [0, 0.1) is 23.7 Å². The van der Waals surface area contributed by atoms with Crippen LogP contribution >= 0.6 is 0 Å². The van der Waals surface area contributed by atoms with E-state index in [2.05, 4.69) is 17.6 Å². The van der Waals surface area contributed by atoms with Crippen molar-refractivity contribution in [2.75, 3.05) is 13.1 Å². The molecule has 0 unspecified atom stereocenters. The van der Waals surface area contributed by atoms with Crippen LogP contribution in [0.2, 0.25) is 0 Å². The highest BCUT2D eigenvalue weighted by molar-refractivity contribution is 5.81. The van der Waals surface area contributed by atoms with E-state index in [1.165, 1.54) is 12.1 Å². The Labute approximate surface area is 251 Å². The van der Waals surface area contributed by atoms with Gasteiger partial charge in [-0.25, -0.2) is 9.78 Å². The zero-order chi connectivity index (χ0) is 30.8. The molecule has 1 aromatic rings. The molecule has 5 aliphatic rings. The number of phenolic OH excluding ortho intramolecular Hbond substituents is 2. The molecule has 2 bridgehead atoms. The number of nitrogens with one attached hydrogen (secondary N) is 2. The summed E-state index contributed by atoms with van der Waals surface area (Å²) in [5, 5.41) is 24.4. The van der Waals surface area contributed by atoms with Crippen molar-refractivity contribution in [2.24, 2.45) is 23.7 Å². The predicted octanol–water partition coefficient (Wildman–Crippen LogP) is 3.18. The number of benzene rings is 1. The second kappa shape index (κ2) is 13.0. The standard InChI is InChI=1S/C31H44N2O10/c1-18-6-8-22-19(2)28(40-29-31(22)21(18)12-14-30(3,41-29)42-43-31)39-27(38)11-10-26(37)32-15-4-5-25(36)33-16-13-20-7-9-23(34)24(35)17-20/h7,9,17-19,21-22,28-29,34-35H,4-6,8,10-16H2,1-3H3,(H,32,37)(H,33,36)/t18-,19-,21+,22+,28-,29+,30+,31-/m1/s1. The van der Waals surface area contributed by atoms with Crippen molar-refractivity contribution < 1.29 is 48.6 Å². The zero-order valence-corrected chi connectivity index (χ0v) is 25.1. The number of ether oxygens (including phenoxy) is 3. The summed E-state index contributed by atoms with van der Waals surface area (Å²) in [6.07, 6.45) is 3.09. The lowest BCUT2D eigenvalue weighted by molar-refractivity contribution is -0.576. The molecular weight excluding hydrogens is 560 g/mol. The summed E-state index contributed by atoms with van der Waals surface area (Å²) >= 11 is 0. The SMILES string of the molecule is C[C@H]1[C@H](OC(=O)CCC(=O)NCCCC(=O)NCCc2ccc(O)c(O)c2)O[C@H]2O[C@]3(C)CC[C@H]4[C@H](C)CC[C@@H]1[C@@]24OO3. The Bertz CT molecular complexity index is 1200. The van der Waals surface area contributed by atoms with E-state index < -0.39 is 29.9 Å². The molecule has 1 spiro atoms. The number of carbonyl (C=O) groups excluding carboxylic acids is 3. The van der Waals surface area contributed by atoms with Crippen LogP contribution < -0.4 is 10.6 Å². The zero-order valence-electron chi connectivity index (χ0n) is 25.1. The maximum absolute atomic E-state index is 12.7. The molecule has 1 saturated carbocycles. The Morgan fingerprint density at radius 2 is 1.72 bits per heavy atom. The van der Waals surface area contributed by atoms with E-state index >= 15 is 0 Å². The first kappa shape index (κ1) is 31.5. The van der Waals surface area contributed by atoms with Crippen LogP contribution in [0.25, 0.3) is 0 Å². The van der Waals surface area contributed by atoms with Gasteiger partial charge in [0.2, 0.25) is 23.9 Å². The van der Waals surface area contributed by atoms with Crippen LogP contribution in [0.15, 0.2) is 18.2 Å². The van der Waals surface area contributed by atoms with Gasteiger partial charge in [-0.1, -0.05) is 19.9 Å². The van der Waals surface area contributed by atoms with Crippen molar-refractivity contribution in [1.29, 1.82) is 0 Å². The fourth-order valence-electron chi connectivity index (χ4n) is 7.14.